The molecule has 2 unspecified atom stereocenters. The van der Waals surface area contributed by atoms with Crippen molar-refractivity contribution in [2.75, 3.05) is 0 Å². The number of rotatable bonds is 3. The molecule has 1 aliphatic rings. The van der Waals surface area contributed by atoms with Crippen LogP contribution in [0.4, 0.5) is 0 Å². The summed E-state index contributed by atoms with van der Waals surface area (Å²) in [6, 6.07) is 13.1. The predicted octanol–water partition coefficient (Wildman–Crippen LogP) is 3.76. The maximum atomic E-state index is 11.3. The number of aromatic hydroxyl groups is 1. The summed E-state index contributed by atoms with van der Waals surface area (Å²) < 4.78 is 6.04. The van der Waals surface area contributed by atoms with Gasteiger partial charge in [0.2, 0.25) is 0 Å². The van der Waals surface area contributed by atoms with E-state index in [0.29, 0.717) is 6.42 Å². The second kappa shape index (κ2) is 5.24. The van der Waals surface area contributed by atoms with E-state index in [2.05, 4.69) is 13.0 Å². The first-order valence-electron chi connectivity index (χ1n) is 7.12. The van der Waals surface area contributed by atoms with Crippen LogP contribution >= 0.6 is 0 Å². The Balaban J connectivity index is 1.89. The first-order chi connectivity index (χ1) is 10.0. The molecule has 2 aromatic rings. The van der Waals surface area contributed by atoms with Gasteiger partial charge >= 0.3 is 0 Å². The number of Topliss-reactive ketones (excluding diaryl/α,β-unsaturated/α-hetero) is 1. The van der Waals surface area contributed by atoms with Crippen molar-refractivity contribution in [1.82, 2.24) is 0 Å². The lowest BCUT2D eigenvalue weighted by Crippen LogP contribution is -2.06. The SMILES string of the molecule is CC(=O)Cc1ccc2c(c1)C(C)C(c1ccc(O)cc1)O2. The van der Waals surface area contributed by atoms with E-state index in [-0.39, 0.29) is 23.6 Å². The van der Waals surface area contributed by atoms with Crippen LogP contribution in [0.15, 0.2) is 42.5 Å². The van der Waals surface area contributed by atoms with Crippen molar-refractivity contribution in [1.29, 1.82) is 0 Å². The van der Waals surface area contributed by atoms with Crippen LogP contribution in [0.25, 0.3) is 0 Å². The van der Waals surface area contributed by atoms with Crippen LogP contribution in [0.2, 0.25) is 0 Å². The number of fused-ring (bicyclic) bond motifs is 1. The number of carbonyl (C=O) groups excluding carboxylic acids is 1. The molecule has 3 rings (SSSR count). The maximum absolute atomic E-state index is 11.3. The summed E-state index contributed by atoms with van der Waals surface area (Å²) in [5.74, 6) is 1.52. The Morgan fingerprint density at radius 3 is 2.57 bits per heavy atom. The average molecular weight is 282 g/mol. The van der Waals surface area contributed by atoms with Gasteiger partial charge in [0.1, 0.15) is 23.4 Å². The normalized spacial score (nSPS) is 19.9. The molecule has 2 aromatic carbocycles. The highest BCUT2D eigenvalue weighted by Crippen LogP contribution is 2.46. The minimum atomic E-state index is -0.0480. The van der Waals surface area contributed by atoms with Gasteiger partial charge in [-0.3, -0.25) is 4.79 Å². The Morgan fingerprint density at radius 2 is 1.90 bits per heavy atom. The molecule has 0 aliphatic carbocycles. The van der Waals surface area contributed by atoms with Crippen LogP contribution < -0.4 is 4.74 Å². The Morgan fingerprint density at radius 1 is 1.19 bits per heavy atom. The fourth-order valence-electron chi connectivity index (χ4n) is 2.88. The molecule has 0 fully saturated rings. The van der Waals surface area contributed by atoms with Gasteiger partial charge in [0, 0.05) is 17.9 Å². The number of ether oxygens (including phenoxy) is 1. The zero-order chi connectivity index (χ0) is 15.0. The molecule has 0 radical (unpaired) electrons. The third-order valence-electron chi connectivity index (χ3n) is 3.95. The maximum Gasteiger partial charge on any atom is 0.134 e. The lowest BCUT2D eigenvalue weighted by atomic mass is 9.91. The lowest BCUT2D eigenvalue weighted by molar-refractivity contribution is -0.116. The first kappa shape index (κ1) is 13.7. The fraction of sp³-hybridized carbons (Fsp3) is 0.278. The van der Waals surface area contributed by atoms with Gasteiger partial charge in [-0.1, -0.05) is 31.2 Å². The number of carbonyl (C=O) groups is 1. The number of phenolic OH excluding ortho intramolecular Hbond substituents is 1. The Labute approximate surface area is 124 Å². The molecule has 3 heteroatoms. The van der Waals surface area contributed by atoms with E-state index >= 15 is 0 Å². The van der Waals surface area contributed by atoms with E-state index in [4.69, 9.17) is 4.74 Å². The minimum Gasteiger partial charge on any atom is -0.508 e. The molecule has 21 heavy (non-hydrogen) atoms. The number of hydrogen-bond acceptors (Lipinski definition) is 3. The summed E-state index contributed by atoms with van der Waals surface area (Å²) in [6.45, 7) is 3.73. The highest BCUT2D eigenvalue weighted by atomic mass is 16.5. The number of ketones is 1. The molecule has 3 nitrogen and oxygen atoms in total. The molecular weight excluding hydrogens is 264 g/mol. The average Bonchev–Trinajstić information content (AvgIpc) is 2.76. The quantitative estimate of drug-likeness (QED) is 0.932. The Kier molecular flexibility index (Phi) is 3.42. The summed E-state index contributed by atoms with van der Waals surface area (Å²) >= 11 is 0. The molecule has 0 bridgehead atoms. The van der Waals surface area contributed by atoms with Gasteiger partial charge in [-0.2, -0.15) is 0 Å². The van der Waals surface area contributed by atoms with Gasteiger partial charge in [-0.05, 0) is 36.2 Å². The first-order valence-corrected chi connectivity index (χ1v) is 7.12. The van der Waals surface area contributed by atoms with Crippen LogP contribution in [0, 0.1) is 0 Å². The van der Waals surface area contributed by atoms with Crippen molar-refractivity contribution in [2.24, 2.45) is 0 Å². The van der Waals surface area contributed by atoms with Crippen LogP contribution in [-0.2, 0) is 11.2 Å². The number of hydrogen-bond donors (Lipinski definition) is 1. The number of phenols is 1. The molecule has 1 heterocycles. The summed E-state index contributed by atoms with van der Waals surface area (Å²) in [4.78, 5) is 11.3. The third-order valence-corrected chi connectivity index (χ3v) is 3.95. The van der Waals surface area contributed by atoms with Crippen molar-refractivity contribution >= 4 is 5.78 Å². The Bertz CT molecular complexity index is 673. The van der Waals surface area contributed by atoms with Crippen LogP contribution in [-0.4, -0.2) is 10.9 Å². The van der Waals surface area contributed by atoms with Crippen LogP contribution in [0.5, 0.6) is 11.5 Å². The molecule has 1 N–H and O–H groups in total. The predicted molar refractivity (Wildman–Crippen MR) is 80.7 cm³/mol. The van der Waals surface area contributed by atoms with Gasteiger partial charge in [0.15, 0.2) is 0 Å². The Hall–Kier alpha value is -2.29. The summed E-state index contributed by atoms with van der Waals surface area (Å²) in [5.41, 5.74) is 3.22. The van der Waals surface area contributed by atoms with Gasteiger partial charge in [-0.25, -0.2) is 0 Å². The highest BCUT2D eigenvalue weighted by molar-refractivity contribution is 5.78. The van der Waals surface area contributed by atoms with E-state index in [1.165, 1.54) is 0 Å². The monoisotopic (exact) mass is 282 g/mol. The van der Waals surface area contributed by atoms with E-state index < -0.39 is 0 Å². The molecule has 0 amide bonds. The molecule has 0 aromatic heterocycles. The van der Waals surface area contributed by atoms with Crippen molar-refractivity contribution in [3.8, 4) is 11.5 Å². The van der Waals surface area contributed by atoms with E-state index in [1.807, 2.05) is 24.3 Å². The summed E-state index contributed by atoms with van der Waals surface area (Å²) in [6.07, 6.45) is 0.414. The summed E-state index contributed by atoms with van der Waals surface area (Å²) in [5, 5.41) is 9.39. The number of benzene rings is 2. The van der Waals surface area contributed by atoms with Crippen molar-refractivity contribution in [2.45, 2.75) is 32.3 Å². The molecule has 0 saturated heterocycles. The van der Waals surface area contributed by atoms with E-state index in [0.717, 1.165) is 22.4 Å². The minimum absolute atomic E-state index is 0.0480. The molecule has 1 aliphatic heterocycles. The summed E-state index contributed by atoms with van der Waals surface area (Å²) in [7, 11) is 0. The van der Waals surface area contributed by atoms with Gasteiger partial charge in [-0.15, -0.1) is 0 Å². The van der Waals surface area contributed by atoms with E-state index in [9.17, 15) is 9.90 Å². The second-order valence-electron chi connectivity index (χ2n) is 5.67. The lowest BCUT2D eigenvalue weighted by Gasteiger charge is -2.15. The molecule has 2 atom stereocenters. The van der Waals surface area contributed by atoms with Crippen molar-refractivity contribution in [3.05, 3.63) is 59.2 Å². The third kappa shape index (κ3) is 2.64. The zero-order valence-corrected chi connectivity index (χ0v) is 12.2. The van der Waals surface area contributed by atoms with Crippen LogP contribution in [0.3, 0.4) is 0 Å². The largest absolute Gasteiger partial charge is 0.508 e. The molecular formula is C18H18O3. The van der Waals surface area contributed by atoms with Gasteiger partial charge in [0.05, 0.1) is 0 Å². The fourth-order valence-corrected chi connectivity index (χ4v) is 2.88. The molecule has 0 spiro atoms. The topological polar surface area (TPSA) is 46.5 Å². The zero-order valence-electron chi connectivity index (χ0n) is 12.2. The van der Waals surface area contributed by atoms with E-state index in [1.54, 1.807) is 19.1 Å². The molecule has 0 saturated carbocycles. The van der Waals surface area contributed by atoms with Gasteiger partial charge in [0.25, 0.3) is 0 Å². The smallest absolute Gasteiger partial charge is 0.134 e. The standard InChI is InChI=1S/C18H18O3/c1-11(19)9-13-3-8-17-16(10-13)12(2)18(21-17)14-4-6-15(20)7-5-14/h3-8,10,12,18,20H,9H2,1-2H3. The van der Waals surface area contributed by atoms with Gasteiger partial charge < -0.3 is 9.84 Å². The van der Waals surface area contributed by atoms with Crippen molar-refractivity contribution in [3.63, 3.8) is 0 Å². The van der Waals surface area contributed by atoms with Crippen molar-refractivity contribution < 1.29 is 14.6 Å². The van der Waals surface area contributed by atoms with Crippen LogP contribution in [0.1, 0.15) is 42.6 Å². The molecule has 108 valence electrons. The second-order valence-corrected chi connectivity index (χ2v) is 5.67. The highest BCUT2D eigenvalue weighted by Gasteiger charge is 2.32.